The fourth-order valence-electron chi connectivity index (χ4n) is 3.95. The third-order valence-electron chi connectivity index (χ3n) is 5.72. The van der Waals surface area contributed by atoms with Gasteiger partial charge >= 0.3 is 5.97 Å². The summed E-state index contributed by atoms with van der Waals surface area (Å²) >= 11 is 1.52. The highest BCUT2D eigenvalue weighted by molar-refractivity contribution is 7.13. The molecular formula is C28H25N3O4S. The number of ether oxygens (including phenoxy) is 2. The van der Waals surface area contributed by atoms with Gasteiger partial charge in [-0.25, -0.2) is 9.78 Å². The van der Waals surface area contributed by atoms with Crippen LogP contribution in [0.5, 0.6) is 5.75 Å². The van der Waals surface area contributed by atoms with Crippen LogP contribution >= 0.6 is 11.3 Å². The van der Waals surface area contributed by atoms with E-state index < -0.39 is 6.10 Å². The van der Waals surface area contributed by atoms with Crippen LogP contribution in [0.4, 0.5) is 5.69 Å². The molecule has 1 unspecified atom stereocenters. The van der Waals surface area contributed by atoms with Gasteiger partial charge in [-0.15, -0.1) is 11.3 Å². The summed E-state index contributed by atoms with van der Waals surface area (Å²) in [4.78, 5) is 36.2. The number of amides is 1. The molecule has 5 rings (SSSR count). The van der Waals surface area contributed by atoms with Crippen molar-refractivity contribution < 1.29 is 19.1 Å². The van der Waals surface area contributed by atoms with E-state index in [2.05, 4.69) is 4.98 Å². The first-order valence-electron chi connectivity index (χ1n) is 11.7. The van der Waals surface area contributed by atoms with Crippen LogP contribution in [0.1, 0.15) is 36.7 Å². The van der Waals surface area contributed by atoms with E-state index in [0.29, 0.717) is 23.5 Å². The number of hydrogen-bond donors (Lipinski definition) is 0. The second kappa shape index (κ2) is 9.91. The maximum atomic E-state index is 13.1. The van der Waals surface area contributed by atoms with Gasteiger partial charge < -0.3 is 14.4 Å². The lowest BCUT2D eigenvalue weighted by molar-refractivity contribution is -0.125. The molecule has 182 valence electrons. The highest BCUT2D eigenvalue weighted by Crippen LogP contribution is 2.39. The second-order valence-electron chi connectivity index (χ2n) is 8.77. The molecule has 0 fully saturated rings. The minimum atomic E-state index is -0.598. The maximum Gasteiger partial charge on any atom is 0.338 e. The van der Waals surface area contributed by atoms with E-state index in [-0.39, 0.29) is 18.0 Å². The van der Waals surface area contributed by atoms with E-state index in [1.54, 1.807) is 30.2 Å². The van der Waals surface area contributed by atoms with Crippen molar-refractivity contribution >= 4 is 28.9 Å². The van der Waals surface area contributed by atoms with Gasteiger partial charge in [0.15, 0.2) is 6.10 Å². The highest BCUT2D eigenvalue weighted by Gasteiger charge is 2.32. The molecule has 0 bridgehead atoms. The molecule has 0 N–H and O–H groups in total. The number of pyridine rings is 1. The first-order chi connectivity index (χ1) is 17.4. The summed E-state index contributed by atoms with van der Waals surface area (Å²) in [5.41, 5.74) is 4.56. The molecule has 1 amide bonds. The summed E-state index contributed by atoms with van der Waals surface area (Å²) < 4.78 is 11.1. The van der Waals surface area contributed by atoms with Gasteiger partial charge in [0.1, 0.15) is 10.8 Å². The zero-order valence-corrected chi connectivity index (χ0v) is 21.0. The van der Waals surface area contributed by atoms with Crippen LogP contribution < -0.4 is 9.64 Å². The van der Waals surface area contributed by atoms with Gasteiger partial charge in [0, 0.05) is 17.1 Å². The van der Waals surface area contributed by atoms with Crippen molar-refractivity contribution in [3.8, 4) is 27.7 Å². The topological polar surface area (TPSA) is 81.6 Å². The highest BCUT2D eigenvalue weighted by atomic mass is 32.1. The number of carbonyl (C=O) groups excluding carboxylic acids is 2. The van der Waals surface area contributed by atoms with Gasteiger partial charge in [0.05, 0.1) is 35.3 Å². The molecule has 1 aliphatic heterocycles. The van der Waals surface area contributed by atoms with Crippen LogP contribution in [-0.2, 0) is 16.1 Å². The summed E-state index contributed by atoms with van der Waals surface area (Å²) in [5.74, 6) is 0.148. The molecule has 3 heterocycles. The van der Waals surface area contributed by atoms with Crippen molar-refractivity contribution in [3.05, 3.63) is 83.4 Å². The van der Waals surface area contributed by atoms with Gasteiger partial charge in [0.2, 0.25) is 0 Å². The summed E-state index contributed by atoms with van der Waals surface area (Å²) in [6.07, 6.45) is 0.962. The Balaban J connectivity index is 1.43. The lowest BCUT2D eigenvalue weighted by atomic mass is 10.1. The number of hydrogen-bond acceptors (Lipinski definition) is 7. The summed E-state index contributed by atoms with van der Waals surface area (Å²) in [5, 5.41) is 2.82. The lowest BCUT2D eigenvalue weighted by Gasteiger charge is -2.33. The number of benzene rings is 2. The second-order valence-corrected chi connectivity index (χ2v) is 9.63. The van der Waals surface area contributed by atoms with E-state index in [1.807, 2.05) is 67.8 Å². The minimum Gasteiger partial charge on any atom is -0.479 e. The van der Waals surface area contributed by atoms with Crippen molar-refractivity contribution in [2.24, 2.45) is 0 Å². The summed E-state index contributed by atoms with van der Waals surface area (Å²) in [7, 11) is 0. The molecule has 0 spiro atoms. The number of anilines is 1. The van der Waals surface area contributed by atoms with Crippen LogP contribution in [0.3, 0.4) is 0 Å². The average Bonchev–Trinajstić information content (AvgIpc) is 3.37. The number of esters is 1. The number of aromatic nitrogens is 2. The fourth-order valence-corrected chi connectivity index (χ4v) is 4.76. The number of rotatable bonds is 6. The third kappa shape index (κ3) is 4.85. The van der Waals surface area contributed by atoms with Crippen molar-refractivity contribution in [2.75, 3.05) is 4.90 Å². The molecule has 36 heavy (non-hydrogen) atoms. The Hall–Kier alpha value is -4.04. The quantitative estimate of drug-likeness (QED) is 0.314. The molecule has 2 aromatic carbocycles. The molecule has 4 aromatic rings. The minimum absolute atomic E-state index is 0.129. The Bertz CT molecular complexity index is 1400. The zero-order valence-electron chi connectivity index (χ0n) is 20.2. The van der Waals surface area contributed by atoms with Crippen LogP contribution in [0.2, 0.25) is 0 Å². The molecule has 1 aliphatic rings. The summed E-state index contributed by atoms with van der Waals surface area (Å²) in [6, 6.07) is 18.6. The van der Waals surface area contributed by atoms with Gasteiger partial charge in [-0.05, 0) is 68.8 Å². The monoisotopic (exact) mass is 499 g/mol. The maximum absolute atomic E-state index is 13.1. The van der Waals surface area contributed by atoms with Crippen molar-refractivity contribution in [2.45, 2.75) is 39.5 Å². The molecular weight excluding hydrogens is 474 g/mol. The van der Waals surface area contributed by atoms with Gasteiger partial charge in [-0.1, -0.05) is 18.2 Å². The fraction of sp³-hybridized carbons (Fsp3) is 0.214. The number of carbonyl (C=O) groups is 2. The normalized spacial score (nSPS) is 14.9. The van der Waals surface area contributed by atoms with Crippen LogP contribution in [-0.4, -0.2) is 34.1 Å². The third-order valence-corrected chi connectivity index (χ3v) is 6.59. The Morgan fingerprint density at radius 3 is 2.64 bits per heavy atom. The molecule has 2 aromatic heterocycles. The number of fused-ring (bicyclic) bond motifs is 1. The van der Waals surface area contributed by atoms with Gasteiger partial charge in [-0.2, -0.15) is 0 Å². The van der Waals surface area contributed by atoms with E-state index in [0.717, 1.165) is 27.5 Å². The standard InChI is InChI=1S/C28H25N3O4S/c1-17(2)34-28(33)20-9-7-19(8-10-20)15-31-24-14-21(11-12-25(24)35-18(3)27(31)32)23-16-36-26(30-23)22-6-4-5-13-29-22/h4-14,16-18H,15H2,1-3H3. The Morgan fingerprint density at radius 2 is 1.92 bits per heavy atom. The molecule has 0 saturated heterocycles. The lowest BCUT2D eigenvalue weighted by Crippen LogP contribution is -2.44. The Labute approximate surface area is 213 Å². The van der Waals surface area contributed by atoms with Crippen molar-refractivity contribution in [1.29, 1.82) is 0 Å². The van der Waals surface area contributed by atoms with E-state index >= 15 is 0 Å². The van der Waals surface area contributed by atoms with Crippen molar-refractivity contribution in [3.63, 3.8) is 0 Å². The average molecular weight is 500 g/mol. The molecule has 8 heteroatoms. The smallest absolute Gasteiger partial charge is 0.338 e. The predicted octanol–water partition coefficient (Wildman–Crippen LogP) is 5.75. The van der Waals surface area contributed by atoms with Gasteiger partial charge in [0.25, 0.3) is 5.91 Å². The molecule has 0 radical (unpaired) electrons. The summed E-state index contributed by atoms with van der Waals surface area (Å²) in [6.45, 7) is 5.72. The van der Waals surface area contributed by atoms with Crippen molar-refractivity contribution in [1.82, 2.24) is 9.97 Å². The van der Waals surface area contributed by atoms with E-state index in [4.69, 9.17) is 14.5 Å². The zero-order chi connectivity index (χ0) is 25.2. The first kappa shape index (κ1) is 23.7. The van der Waals surface area contributed by atoms with E-state index in [1.165, 1.54) is 11.3 Å². The molecule has 0 saturated carbocycles. The largest absolute Gasteiger partial charge is 0.479 e. The van der Waals surface area contributed by atoms with E-state index in [9.17, 15) is 9.59 Å². The Morgan fingerprint density at radius 1 is 1.11 bits per heavy atom. The Kier molecular flexibility index (Phi) is 6.52. The first-order valence-corrected chi connectivity index (χ1v) is 12.6. The molecule has 1 atom stereocenters. The van der Waals surface area contributed by atoms with Crippen LogP contribution in [0.15, 0.2) is 72.2 Å². The van der Waals surface area contributed by atoms with Crippen LogP contribution in [0, 0.1) is 0 Å². The van der Waals surface area contributed by atoms with Crippen LogP contribution in [0.25, 0.3) is 22.0 Å². The predicted molar refractivity (Wildman–Crippen MR) is 139 cm³/mol. The van der Waals surface area contributed by atoms with Gasteiger partial charge in [-0.3, -0.25) is 9.78 Å². The number of nitrogens with zero attached hydrogens (tertiary/aromatic N) is 3. The molecule has 7 nitrogen and oxygen atoms in total. The SMILES string of the molecule is CC(C)OC(=O)c1ccc(CN2C(=O)C(C)Oc3ccc(-c4csc(-c5ccccn5)n4)cc32)cc1. The molecule has 0 aliphatic carbocycles. The number of thiazole rings is 1.